The summed E-state index contributed by atoms with van der Waals surface area (Å²) in [5, 5.41) is 9.99. The molecule has 1 aliphatic carbocycles. The van der Waals surface area contributed by atoms with Gasteiger partial charge in [-0.1, -0.05) is 12.1 Å². The molecule has 32 heavy (non-hydrogen) atoms. The molecule has 8 heteroatoms. The molecular formula is C24H22F3NO4. The van der Waals surface area contributed by atoms with Gasteiger partial charge in [0.1, 0.15) is 6.61 Å². The molecule has 1 atom stereocenters. The molecule has 1 aliphatic rings. The van der Waals surface area contributed by atoms with Gasteiger partial charge < -0.3 is 14.6 Å². The fraction of sp³-hybridized carbons (Fsp3) is 0.292. The van der Waals surface area contributed by atoms with Crippen LogP contribution in [0.25, 0.3) is 16.8 Å². The van der Waals surface area contributed by atoms with Gasteiger partial charge in [-0.3, -0.25) is 9.36 Å². The van der Waals surface area contributed by atoms with Gasteiger partial charge in [-0.15, -0.1) is 0 Å². The highest BCUT2D eigenvalue weighted by Gasteiger charge is 2.31. The second-order valence-electron chi connectivity index (χ2n) is 7.75. The van der Waals surface area contributed by atoms with E-state index < -0.39 is 17.8 Å². The monoisotopic (exact) mass is 445 g/mol. The highest BCUT2D eigenvalue weighted by atomic mass is 19.4. The zero-order valence-electron chi connectivity index (χ0n) is 17.3. The summed E-state index contributed by atoms with van der Waals surface area (Å²) >= 11 is 0. The van der Waals surface area contributed by atoms with Crippen molar-refractivity contribution in [1.82, 2.24) is 4.57 Å². The number of nitrogens with zero attached hydrogens (tertiary/aromatic N) is 1. The van der Waals surface area contributed by atoms with Crippen molar-refractivity contribution in [2.75, 3.05) is 13.7 Å². The Morgan fingerprint density at radius 1 is 1.03 bits per heavy atom. The minimum absolute atomic E-state index is 0.169. The van der Waals surface area contributed by atoms with Gasteiger partial charge in [0, 0.05) is 18.3 Å². The van der Waals surface area contributed by atoms with Crippen LogP contribution in [0.4, 0.5) is 13.2 Å². The topological polar surface area (TPSA) is 60.7 Å². The molecule has 1 fully saturated rings. The summed E-state index contributed by atoms with van der Waals surface area (Å²) in [6.07, 6.45) is -1.36. The zero-order valence-corrected chi connectivity index (χ0v) is 17.3. The van der Waals surface area contributed by atoms with Crippen molar-refractivity contribution in [3.63, 3.8) is 0 Å². The Morgan fingerprint density at radius 2 is 1.75 bits per heavy atom. The molecule has 2 aromatic carbocycles. The first-order valence-electron chi connectivity index (χ1n) is 10.2. The van der Waals surface area contributed by atoms with E-state index in [9.17, 15) is 23.1 Å². The third kappa shape index (κ3) is 4.80. The van der Waals surface area contributed by atoms with E-state index in [0.717, 1.165) is 25.0 Å². The van der Waals surface area contributed by atoms with Crippen molar-refractivity contribution in [3.8, 4) is 28.3 Å². The molecular weight excluding hydrogens is 423 g/mol. The fourth-order valence-electron chi connectivity index (χ4n) is 3.44. The molecule has 1 N–H and O–H groups in total. The Kier molecular flexibility index (Phi) is 5.97. The lowest BCUT2D eigenvalue weighted by atomic mass is 10.0. The number of hydrogen-bond acceptors (Lipinski definition) is 4. The van der Waals surface area contributed by atoms with Crippen LogP contribution in [0.1, 0.15) is 18.4 Å². The van der Waals surface area contributed by atoms with Crippen LogP contribution in [0.15, 0.2) is 65.6 Å². The van der Waals surface area contributed by atoms with Gasteiger partial charge in [0.2, 0.25) is 0 Å². The lowest BCUT2D eigenvalue weighted by molar-refractivity contribution is -0.137. The van der Waals surface area contributed by atoms with Gasteiger partial charge >= 0.3 is 6.18 Å². The number of methoxy groups -OCH3 is 1. The maximum Gasteiger partial charge on any atom is 0.416 e. The molecule has 0 amide bonds. The standard InChI is InChI=1S/C24H22F3NO4/c1-31-22-13-19(8-9-21(22)32-14-20(29)16-2-3-16)28-11-10-17(12-23(28)30)15-4-6-18(7-5-15)24(25,26)27/h4-13,16,20,29H,2-3,14H2,1H3. The highest BCUT2D eigenvalue weighted by molar-refractivity contribution is 5.63. The predicted octanol–water partition coefficient (Wildman–Crippen LogP) is 4.68. The van der Waals surface area contributed by atoms with E-state index >= 15 is 0 Å². The summed E-state index contributed by atoms with van der Waals surface area (Å²) in [5.41, 5.74) is 0.482. The SMILES string of the molecule is COc1cc(-n2ccc(-c3ccc(C(F)(F)F)cc3)cc2=O)ccc1OCC(O)C1CC1. The van der Waals surface area contributed by atoms with E-state index in [1.807, 2.05) is 0 Å². The van der Waals surface area contributed by atoms with Crippen molar-refractivity contribution in [3.05, 3.63) is 76.7 Å². The van der Waals surface area contributed by atoms with Crippen LogP contribution in [0.2, 0.25) is 0 Å². The van der Waals surface area contributed by atoms with E-state index in [1.54, 1.807) is 30.5 Å². The maximum atomic E-state index is 12.8. The Labute approximate surface area is 182 Å². The number of aromatic nitrogens is 1. The van der Waals surface area contributed by atoms with Crippen LogP contribution in [-0.4, -0.2) is 29.5 Å². The average Bonchev–Trinajstić information content (AvgIpc) is 3.62. The van der Waals surface area contributed by atoms with Crippen molar-refractivity contribution in [2.24, 2.45) is 5.92 Å². The molecule has 0 radical (unpaired) electrons. The highest BCUT2D eigenvalue weighted by Crippen LogP contribution is 2.35. The van der Waals surface area contributed by atoms with Crippen LogP contribution >= 0.6 is 0 Å². The van der Waals surface area contributed by atoms with Crippen LogP contribution in [0, 0.1) is 5.92 Å². The normalized spacial score (nSPS) is 14.8. The number of benzene rings is 2. The average molecular weight is 445 g/mol. The lowest BCUT2D eigenvalue weighted by Crippen LogP contribution is -2.20. The van der Waals surface area contributed by atoms with Crippen molar-refractivity contribution >= 4 is 0 Å². The molecule has 4 rings (SSSR count). The predicted molar refractivity (Wildman–Crippen MR) is 113 cm³/mol. The number of aliphatic hydroxyl groups excluding tert-OH is 1. The lowest BCUT2D eigenvalue weighted by Gasteiger charge is -2.15. The van der Waals surface area contributed by atoms with Crippen molar-refractivity contribution in [1.29, 1.82) is 0 Å². The smallest absolute Gasteiger partial charge is 0.416 e. The number of ether oxygens (including phenoxy) is 2. The van der Waals surface area contributed by atoms with E-state index in [-0.39, 0.29) is 12.2 Å². The number of alkyl halides is 3. The first-order chi connectivity index (χ1) is 15.3. The zero-order chi connectivity index (χ0) is 22.9. The largest absolute Gasteiger partial charge is 0.493 e. The Morgan fingerprint density at radius 3 is 2.34 bits per heavy atom. The molecule has 3 aromatic rings. The second-order valence-corrected chi connectivity index (χ2v) is 7.75. The number of aliphatic hydroxyl groups is 1. The molecule has 5 nitrogen and oxygen atoms in total. The molecule has 0 bridgehead atoms. The number of pyridine rings is 1. The molecule has 1 aromatic heterocycles. The van der Waals surface area contributed by atoms with Crippen LogP contribution < -0.4 is 15.0 Å². The summed E-state index contributed by atoms with van der Waals surface area (Å²) in [7, 11) is 1.49. The summed E-state index contributed by atoms with van der Waals surface area (Å²) in [6.45, 7) is 0.169. The molecule has 0 spiro atoms. The summed E-state index contributed by atoms with van der Waals surface area (Å²) in [6, 6.07) is 12.7. The second kappa shape index (κ2) is 8.70. The molecule has 168 valence electrons. The first-order valence-corrected chi connectivity index (χ1v) is 10.2. The van der Waals surface area contributed by atoms with Crippen LogP contribution in [-0.2, 0) is 6.18 Å². The van der Waals surface area contributed by atoms with Gasteiger partial charge in [-0.05, 0) is 60.2 Å². The molecule has 0 aliphatic heterocycles. The third-order valence-electron chi connectivity index (χ3n) is 5.47. The summed E-state index contributed by atoms with van der Waals surface area (Å²) < 4.78 is 50.7. The van der Waals surface area contributed by atoms with E-state index in [4.69, 9.17) is 9.47 Å². The van der Waals surface area contributed by atoms with Crippen LogP contribution in [0.3, 0.4) is 0 Å². The molecule has 1 saturated carbocycles. The van der Waals surface area contributed by atoms with Gasteiger partial charge in [-0.2, -0.15) is 13.2 Å². The molecule has 1 heterocycles. The summed E-state index contributed by atoms with van der Waals surface area (Å²) in [5.74, 6) is 1.18. The van der Waals surface area contributed by atoms with Gasteiger partial charge in [0.15, 0.2) is 11.5 Å². The van der Waals surface area contributed by atoms with E-state index in [1.165, 1.54) is 29.9 Å². The van der Waals surface area contributed by atoms with Gasteiger partial charge in [0.25, 0.3) is 5.56 Å². The first kappa shape index (κ1) is 22.0. The number of halogens is 3. The van der Waals surface area contributed by atoms with Gasteiger partial charge in [0.05, 0.1) is 24.5 Å². The Hall–Kier alpha value is -3.26. The minimum Gasteiger partial charge on any atom is -0.493 e. The van der Waals surface area contributed by atoms with E-state index in [0.29, 0.717) is 34.2 Å². The fourth-order valence-corrected chi connectivity index (χ4v) is 3.44. The molecule has 1 unspecified atom stereocenters. The van der Waals surface area contributed by atoms with Crippen molar-refractivity contribution < 1.29 is 27.8 Å². The quantitative estimate of drug-likeness (QED) is 0.574. The van der Waals surface area contributed by atoms with E-state index in [2.05, 4.69) is 0 Å². The Bertz CT molecular complexity index is 1150. The summed E-state index contributed by atoms with van der Waals surface area (Å²) in [4.78, 5) is 12.7. The number of hydrogen-bond donors (Lipinski definition) is 1. The molecule has 0 saturated heterocycles. The number of rotatable bonds is 7. The van der Waals surface area contributed by atoms with Crippen LogP contribution in [0.5, 0.6) is 11.5 Å². The third-order valence-corrected chi connectivity index (χ3v) is 5.47. The Balaban J connectivity index is 1.55. The minimum atomic E-state index is -4.41. The maximum absolute atomic E-state index is 12.8. The van der Waals surface area contributed by atoms with Crippen molar-refractivity contribution in [2.45, 2.75) is 25.1 Å². The van der Waals surface area contributed by atoms with Gasteiger partial charge in [-0.25, -0.2) is 0 Å².